The molecular formula is C19H26O3. The molecule has 6 unspecified atom stereocenters. The summed E-state index contributed by atoms with van der Waals surface area (Å²) in [6, 6.07) is 0. The number of carbonyl (C=O) groups is 2. The van der Waals surface area contributed by atoms with E-state index in [4.69, 9.17) is 0 Å². The number of fused-ring (bicyclic) bond motifs is 5. The fraction of sp³-hybridized carbons (Fsp3) is 0.789. The molecule has 0 saturated heterocycles. The molecular weight excluding hydrogens is 276 g/mol. The number of allylic oxidation sites excluding steroid dienone is 1. The lowest BCUT2D eigenvalue weighted by molar-refractivity contribution is -0.135. The van der Waals surface area contributed by atoms with Gasteiger partial charge in [0.2, 0.25) is 0 Å². The smallest absolute Gasteiger partial charge is 0.165 e. The fourth-order valence-corrected chi connectivity index (χ4v) is 6.34. The molecule has 0 amide bonds. The molecule has 4 aliphatic carbocycles. The van der Waals surface area contributed by atoms with Gasteiger partial charge in [0, 0.05) is 18.3 Å². The lowest BCUT2D eigenvalue weighted by Gasteiger charge is -2.56. The monoisotopic (exact) mass is 302 g/mol. The van der Waals surface area contributed by atoms with Gasteiger partial charge < -0.3 is 5.11 Å². The average Bonchev–Trinajstić information content (AvgIpc) is 2.79. The molecule has 3 nitrogen and oxygen atoms in total. The zero-order valence-electron chi connectivity index (χ0n) is 13.6. The van der Waals surface area contributed by atoms with Crippen LogP contribution in [0.25, 0.3) is 0 Å². The maximum atomic E-state index is 12.4. The molecule has 0 spiro atoms. The molecule has 0 bridgehead atoms. The van der Waals surface area contributed by atoms with Gasteiger partial charge >= 0.3 is 0 Å². The summed E-state index contributed by atoms with van der Waals surface area (Å²) in [6.45, 7) is 4.44. The second kappa shape index (κ2) is 4.53. The summed E-state index contributed by atoms with van der Waals surface area (Å²) in [7, 11) is 0. The van der Waals surface area contributed by atoms with E-state index in [-0.39, 0.29) is 16.6 Å². The van der Waals surface area contributed by atoms with Crippen molar-refractivity contribution < 1.29 is 14.7 Å². The van der Waals surface area contributed by atoms with Crippen molar-refractivity contribution in [1.82, 2.24) is 0 Å². The molecule has 4 aliphatic rings. The molecule has 4 rings (SSSR count). The Labute approximate surface area is 132 Å². The van der Waals surface area contributed by atoms with Gasteiger partial charge in [-0.3, -0.25) is 9.59 Å². The maximum Gasteiger partial charge on any atom is 0.165 e. The summed E-state index contributed by atoms with van der Waals surface area (Å²) in [5.41, 5.74) is 0.841. The number of Topliss-reactive ketones (excluding diaryl/α,β-unsaturated/α-hetero) is 2. The van der Waals surface area contributed by atoms with E-state index in [1.54, 1.807) is 0 Å². The standard InChI is InChI=1S/C19H26O3/c1-18-10-8-15(20)17(22)14(18)4-3-11-12-5-6-16(21)19(12,2)9-7-13(11)18/h4,11-13,17,22H,3,5-10H2,1-2H3. The number of aliphatic hydroxyl groups is 1. The molecule has 0 aromatic carbocycles. The topological polar surface area (TPSA) is 54.4 Å². The number of hydrogen-bond acceptors (Lipinski definition) is 3. The molecule has 6 atom stereocenters. The average molecular weight is 302 g/mol. The van der Waals surface area contributed by atoms with Crippen LogP contribution in [0.15, 0.2) is 11.6 Å². The minimum atomic E-state index is -0.877. The van der Waals surface area contributed by atoms with Crippen molar-refractivity contribution in [3.63, 3.8) is 0 Å². The van der Waals surface area contributed by atoms with Gasteiger partial charge in [-0.15, -0.1) is 0 Å². The van der Waals surface area contributed by atoms with E-state index >= 15 is 0 Å². The summed E-state index contributed by atoms with van der Waals surface area (Å²) in [4.78, 5) is 24.3. The van der Waals surface area contributed by atoms with Gasteiger partial charge in [0.15, 0.2) is 5.78 Å². The van der Waals surface area contributed by atoms with Gasteiger partial charge in [-0.1, -0.05) is 19.9 Å². The van der Waals surface area contributed by atoms with Gasteiger partial charge in [-0.2, -0.15) is 0 Å². The van der Waals surface area contributed by atoms with E-state index in [0.29, 0.717) is 30.0 Å². The van der Waals surface area contributed by atoms with E-state index in [9.17, 15) is 14.7 Å². The zero-order chi connectivity index (χ0) is 15.7. The summed E-state index contributed by atoms with van der Waals surface area (Å²) < 4.78 is 0. The molecule has 3 heteroatoms. The number of hydrogen-bond donors (Lipinski definition) is 1. The van der Waals surface area contributed by atoms with Gasteiger partial charge in [0.25, 0.3) is 0 Å². The second-order valence-electron chi connectivity index (χ2n) is 8.48. The Hall–Kier alpha value is -0.960. The Morgan fingerprint density at radius 3 is 2.55 bits per heavy atom. The van der Waals surface area contributed by atoms with Crippen LogP contribution < -0.4 is 0 Å². The lowest BCUT2D eigenvalue weighted by Crippen LogP contribution is -2.52. The first-order chi connectivity index (χ1) is 10.4. The third-order valence-electron chi connectivity index (χ3n) is 7.72. The first-order valence-electron chi connectivity index (χ1n) is 8.82. The highest BCUT2D eigenvalue weighted by molar-refractivity contribution is 5.88. The van der Waals surface area contributed by atoms with E-state index in [0.717, 1.165) is 44.1 Å². The highest BCUT2D eigenvalue weighted by atomic mass is 16.3. The zero-order valence-corrected chi connectivity index (χ0v) is 13.6. The van der Waals surface area contributed by atoms with E-state index in [2.05, 4.69) is 19.9 Å². The van der Waals surface area contributed by atoms with Crippen LogP contribution in [0.5, 0.6) is 0 Å². The maximum absolute atomic E-state index is 12.4. The lowest BCUT2D eigenvalue weighted by atomic mass is 9.48. The van der Waals surface area contributed by atoms with Crippen molar-refractivity contribution in [2.24, 2.45) is 28.6 Å². The Bertz CT molecular complexity index is 577. The molecule has 22 heavy (non-hydrogen) atoms. The van der Waals surface area contributed by atoms with Crippen LogP contribution in [0.4, 0.5) is 0 Å². The number of ketones is 2. The number of aliphatic hydroxyl groups excluding tert-OH is 1. The first kappa shape index (κ1) is 14.6. The van der Waals surface area contributed by atoms with Gasteiger partial charge in [-0.05, 0) is 60.8 Å². The minimum absolute atomic E-state index is 0.0149. The molecule has 3 saturated carbocycles. The van der Waals surface area contributed by atoms with E-state index in [1.807, 2.05) is 0 Å². The second-order valence-corrected chi connectivity index (χ2v) is 8.48. The summed E-state index contributed by atoms with van der Waals surface area (Å²) in [5, 5.41) is 10.3. The molecule has 0 heterocycles. The van der Waals surface area contributed by atoms with Gasteiger partial charge in [0.05, 0.1) is 0 Å². The molecule has 0 aromatic heterocycles. The van der Waals surface area contributed by atoms with Crippen molar-refractivity contribution in [1.29, 1.82) is 0 Å². The van der Waals surface area contributed by atoms with Crippen molar-refractivity contribution in [2.45, 2.75) is 64.9 Å². The highest BCUT2D eigenvalue weighted by Crippen LogP contribution is 2.63. The van der Waals surface area contributed by atoms with Crippen LogP contribution in [0, 0.1) is 28.6 Å². The first-order valence-corrected chi connectivity index (χ1v) is 8.82. The molecule has 1 N–H and O–H groups in total. The number of rotatable bonds is 0. The summed E-state index contributed by atoms with van der Waals surface area (Å²) in [6.07, 6.45) is 7.42. The Morgan fingerprint density at radius 2 is 1.77 bits per heavy atom. The summed E-state index contributed by atoms with van der Waals surface area (Å²) >= 11 is 0. The van der Waals surface area contributed by atoms with Crippen LogP contribution in [0.3, 0.4) is 0 Å². The highest BCUT2D eigenvalue weighted by Gasteiger charge is 2.59. The third-order valence-corrected chi connectivity index (χ3v) is 7.72. The van der Waals surface area contributed by atoms with Crippen molar-refractivity contribution >= 4 is 11.6 Å². The SMILES string of the molecule is CC12CCC3C(CC=C4C(O)C(=O)CCC43C)C1CCC2=O. The van der Waals surface area contributed by atoms with Crippen LogP contribution >= 0.6 is 0 Å². The number of carbonyl (C=O) groups excluding carboxylic acids is 2. The Balaban J connectivity index is 1.73. The molecule has 0 aromatic rings. The predicted octanol–water partition coefficient (Wildman–Crippen LogP) is 3.06. The fourth-order valence-electron chi connectivity index (χ4n) is 6.34. The normalized spacial score (nSPS) is 51.0. The molecule has 0 radical (unpaired) electrons. The quantitative estimate of drug-likeness (QED) is 0.700. The third kappa shape index (κ3) is 1.66. The Morgan fingerprint density at radius 1 is 1.05 bits per heavy atom. The molecule has 0 aliphatic heterocycles. The van der Waals surface area contributed by atoms with Gasteiger partial charge in [-0.25, -0.2) is 0 Å². The van der Waals surface area contributed by atoms with Crippen LogP contribution in [-0.4, -0.2) is 22.8 Å². The van der Waals surface area contributed by atoms with Crippen molar-refractivity contribution in [2.75, 3.05) is 0 Å². The molecule has 3 fully saturated rings. The van der Waals surface area contributed by atoms with Gasteiger partial charge in [0.1, 0.15) is 11.9 Å². The van der Waals surface area contributed by atoms with E-state index in [1.165, 1.54) is 0 Å². The van der Waals surface area contributed by atoms with Crippen LogP contribution in [-0.2, 0) is 9.59 Å². The Kier molecular flexibility index (Phi) is 3.01. The summed E-state index contributed by atoms with van der Waals surface area (Å²) in [5.74, 6) is 2.04. The van der Waals surface area contributed by atoms with Crippen LogP contribution in [0.2, 0.25) is 0 Å². The van der Waals surface area contributed by atoms with Crippen molar-refractivity contribution in [3.8, 4) is 0 Å². The largest absolute Gasteiger partial charge is 0.381 e. The predicted molar refractivity (Wildman–Crippen MR) is 83.1 cm³/mol. The van der Waals surface area contributed by atoms with Crippen molar-refractivity contribution in [3.05, 3.63) is 11.6 Å². The molecule has 120 valence electrons. The van der Waals surface area contributed by atoms with Crippen LogP contribution in [0.1, 0.15) is 58.8 Å². The van der Waals surface area contributed by atoms with E-state index < -0.39 is 6.10 Å². The minimum Gasteiger partial charge on any atom is -0.381 e.